The Morgan fingerprint density at radius 3 is 2.67 bits per heavy atom. The van der Waals surface area contributed by atoms with E-state index in [0.717, 1.165) is 6.42 Å². The summed E-state index contributed by atoms with van der Waals surface area (Å²) in [6.07, 6.45) is 3.87. The molecule has 2 nitrogen and oxygen atoms in total. The van der Waals surface area contributed by atoms with Gasteiger partial charge in [-0.05, 0) is 19.3 Å². The predicted octanol–water partition coefficient (Wildman–Crippen LogP) is 0.936. The highest BCUT2D eigenvalue weighted by Gasteiger charge is 2.24. The molecule has 54 valence electrons. The first-order valence-electron chi connectivity index (χ1n) is 3.63. The number of aliphatic hydroxyl groups is 1. The summed E-state index contributed by atoms with van der Waals surface area (Å²) in [7, 11) is 0. The van der Waals surface area contributed by atoms with Crippen LogP contribution >= 0.6 is 0 Å². The molecule has 1 N–H and O–H groups in total. The smallest absolute Gasteiger partial charge is 0.0806 e. The fourth-order valence-corrected chi connectivity index (χ4v) is 0.745. The molecule has 0 amide bonds. The lowest BCUT2D eigenvalue weighted by molar-refractivity contribution is 0.000459. The van der Waals surface area contributed by atoms with E-state index in [9.17, 15) is 0 Å². The molecule has 0 aliphatic heterocycles. The highest BCUT2D eigenvalue weighted by molar-refractivity contribution is 4.75. The first-order chi connectivity index (χ1) is 4.36. The molecule has 0 radical (unpaired) electrons. The van der Waals surface area contributed by atoms with Crippen LogP contribution in [0.2, 0.25) is 0 Å². The molecule has 9 heavy (non-hydrogen) atoms. The van der Waals surface area contributed by atoms with Crippen molar-refractivity contribution >= 4 is 0 Å². The minimum Gasteiger partial charge on any atom is -0.394 e. The van der Waals surface area contributed by atoms with Crippen molar-refractivity contribution in [3.63, 3.8) is 0 Å². The highest BCUT2D eigenvalue weighted by atomic mass is 16.5. The second kappa shape index (κ2) is 3.18. The van der Waals surface area contributed by atoms with Gasteiger partial charge in [-0.3, -0.25) is 0 Å². The van der Waals surface area contributed by atoms with E-state index in [1.807, 2.05) is 6.92 Å². The zero-order chi connectivity index (χ0) is 6.69. The van der Waals surface area contributed by atoms with Gasteiger partial charge in [0.25, 0.3) is 0 Å². The van der Waals surface area contributed by atoms with Gasteiger partial charge in [-0.2, -0.15) is 0 Å². The molecule has 1 fully saturated rings. The number of ether oxygens (including phenoxy) is 1. The summed E-state index contributed by atoms with van der Waals surface area (Å²) in [5.41, 5.74) is 0. The molecule has 2 heteroatoms. The van der Waals surface area contributed by atoms with E-state index < -0.39 is 0 Å². The molecular formula is C7H14O2. The van der Waals surface area contributed by atoms with Crippen molar-refractivity contribution in [3.05, 3.63) is 0 Å². The maximum Gasteiger partial charge on any atom is 0.0806 e. The molecule has 0 aromatic rings. The zero-order valence-electron chi connectivity index (χ0n) is 5.84. The van der Waals surface area contributed by atoms with Crippen LogP contribution < -0.4 is 0 Å². The van der Waals surface area contributed by atoms with Crippen LogP contribution in [0.25, 0.3) is 0 Å². The molecule has 0 heterocycles. The molecule has 0 spiro atoms. The van der Waals surface area contributed by atoms with Gasteiger partial charge < -0.3 is 9.84 Å². The molecule has 0 aromatic heterocycles. The second-order valence-electron chi connectivity index (χ2n) is 2.55. The van der Waals surface area contributed by atoms with Crippen molar-refractivity contribution in [1.29, 1.82) is 0 Å². The van der Waals surface area contributed by atoms with Gasteiger partial charge >= 0.3 is 0 Å². The Kier molecular flexibility index (Phi) is 2.49. The molecule has 1 rings (SSSR count). The van der Waals surface area contributed by atoms with E-state index in [0.29, 0.717) is 6.10 Å². The first kappa shape index (κ1) is 7.03. The van der Waals surface area contributed by atoms with Gasteiger partial charge in [0, 0.05) is 0 Å². The minimum absolute atomic E-state index is 0.0949. The topological polar surface area (TPSA) is 29.5 Å². The summed E-state index contributed by atoms with van der Waals surface area (Å²) >= 11 is 0. The normalized spacial score (nSPS) is 22.0. The average molecular weight is 130 g/mol. The summed E-state index contributed by atoms with van der Waals surface area (Å²) in [6.45, 7) is 2.20. The maximum atomic E-state index is 8.68. The molecular weight excluding hydrogens is 116 g/mol. The van der Waals surface area contributed by atoms with Gasteiger partial charge in [-0.25, -0.2) is 0 Å². The molecule has 0 bridgehead atoms. The standard InChI is InChI=1S/C7H14O2/c1-2-6(5-8)9-7-3-4-7/h6-8H,2-5H2,1H3. The van der Waals surface area contributed by atoms with E-state index in [4.69, 9.17) is 9.84 Å². The second-order valence-corrected chi connectivity index (χ2v) is 2.55. The average Bonchev–Trinajstić information content (AvgIpc) is 2.66. The van der Waals surface area contributed by atoms with E-state index in [2.05, 4.69) is 0 Å². The SMILES string of the molecule is CCC(CO)OC1CC1. The summed E-state index contributed by atoms with van der Waals surface area (Å²) in [6, 6.07) is 0. The van der Waals surface area contributed by atoms with Gasteiger partial charge in [-0.15, -0.1) is 0 Å². The molecule has 1 aliphatic carbocycles. The van der Waals surface area contributed by atoms with Gasteiger partial charge in [0.05, 0.1) is 18.8 Å². The quantitative estimate of drug-likeness (QED) is 0.613. The van der Waals surface area contributed by atoms with E-state index in [1.54, 1.807) is 0 Å². The third-order valence-corrected chi connectivity index (χ3v) is 1.57. The number of aliphatic hydroxyl groups excluding tert-OH is 1. The van der Waals surface area contributed by atoms with Crippen LogP contribution in [0.1, 0.15) is 26.2 Å². The monoisotopic (exact) mass is 130 g/mol. The number of hydrogen-bond acceptors (Lipinski definition) is 2. The lowest BCUT2D eigenvalue weighted by Crippen LogP contribution is -2.17. The van der Waals surface area contributed by atoms with Gasteiger partial charge in [0.2, 0.25) is 0 Å². The van der Waals surface area contributed by atoms with Crippen LogP contribution in [0, 0.1) is 0 Å². The van der Waals surface area contributed by atoms with Gasteiger partial charge in [-0.1, -0.05) is 6.92 Å². The van der Waals surface area contributed by atoms with Crippen LogP contribution in [-0.2, 0) is 4.74 Å². The van der Waals surface area contributed by atoms with Crippen LogP contribution in [0.5, 0.6) is 0 Å². The third kappa shape index (κ3) is 2.33. The van der Waals surface area contributed by atoms with Crippen LogP contribution in [0.4, 0.5) is 0 Å². The molecule has 1 atom stereocenters. The fraction of sp³-hybridized carbons (Fsp3) is 1.00. The number of hydrogen-bond donors (Lipinski definition) is 1. The largest absolute Gasteiger partial charge is 0.394 e. The molecule has 1 unspecified atom stereocenters. The Balaban J connectivity index is 2.05. The summed E-state index contributed by atoms with van der Waals surface area (Å²) < 4.78 is 5.41. The zero-order valence-corrected chi connectivity index (χ0v) is 5.84. The Labute approximate surface area is 55.8 Å². The van der Waals surface area contributed by atoms with E-state index in [-0.39, 0.29) is 12.7 Å². The summed E-state index contributed by atoms with van der Waals surface area (Å²) in [5.74, 6) is 0. The van der Waals surface area contributed by atoms with Crippen LogP contribution in [0.15, 0.2) is 0 Å². The Hall–Kier alpha value is -0.0800. The lowest BCUT2D eigenvalue weighted by Gasteiger charge is -2.11. The van der Waals surface area contributed by atoms with E-state index in [1.165, 1.54) is 12.8 Å². The molecule has 0 saturated heterocycles. The third-order valence-electron chi connectivity index (χ3n) is 1.57. The van der Waals surface area contributed by atoms with E-state index >= 15 is 0 Å². The predicted molar refractivity (Wildman–Crippen MR) is 35.3 cm³/mol. The molecule has 0 aromatic carbocycles. The molecule has 1 saturated carbocycles. The lowest BCUT2D eigenvalue weighted by atomic mass is 10.3. The van der Waals surface area contributed by atoms with Crippen LogP contribution in [0.3, 0.4) is 0 Å². The van der Waals surface area contributed by atoms with Gasteiger partial charge in [0.1, 0.15) is 0 Å². The highest BCUT2D eigenvalue weighted by Crippen LogP contribution is 2.25. The summed E-state index contributed by atoms with van der Waals surface area (Å²) in [5, 5.41) is 8.68. The Morgan fingerprint density at radius 2 is 2.33 bits per heavy atom. The van der Waals surface area contributed by atoms with Crippen molar-refractivity contribution < 1.29 is 9.84 Å². The fourth-order valence-electron chi connectivity index (χ4n) is 0.745. The van der Waals surface area contributed by atoms with Crippen LogP contribution in [-0.4, -0.2) is 23.9 Å². The van der Waals surface area contributed by atoms with Crippen molar-refractivity contribution in [3.8, 4) is 0 Å². The summed E-state index contributed by atoms with van der Waals surface area (Å²) in [4.78, 5) is 0. The van der Waals surface area contributed by atoms with Gasteiger partial charge in [0.15, 0.2) is 0 Å². The Bertz CT molecular complexity index is 75.0. The first-order valence-corrected chi connectivity index (χ1v) is 3.63. The van der Waals surface area contributed by atoms with Crippen molar-refractivity contribution in [2.45, 2.75) is 38.4 Å². The molecule has 1 aliphatic rings. The Morgan fingerprint density at radius 1 is 1.67 bits per heavy atom. The number of rotatable bonds is 4. The van der Waals surface area contributed by atoms with Crippen molar-refractivity contribution in [2.75, 3.05) is 6.61 Å². The minimum atomic E-state index is 0.0949. The maximum absolute atomic E-state index is 8.68. The van der Waals surface area contributed by atoms with Crippen molar-refractivity contribution in [2.24, 2.45) is 0 Å². The van der Waals surface area contributed by atoms with Crippen molar-refractivity contribution in [1.82, 2.24) is 0 Å².